The second-order valence-corrected chi connectivity index (χ2v) is 7.12. The predicted molar refractivity (Wildman–Crippen MR) is 108 cm³/mol. The van der Waals surface area contributed by atoms with Crippen LogP contribution in [0.4, 0.5) is 0 Å². The van der Waals surface area contributed by atoms with Gasteiger partial charge in [0.1, 0.15) is 0 Å². The number of benzene rings is 1. The minimum absolute atomic E-state index is 0.261. The van der Waals surface area contributed by atoms with Crippen molar-refractivity contribution in [1.82, 2.24) is 19.7 Å². The molecule has 0 unspecified atom stereocenters. The Labute approximate surface area is 164 Å². The average Bonchev–Trinajstić information content (AvgIpc) is 2.98. The number of hydrogen-bond donors (Lipinski definition) is 1. The number of pyridine rings is 1. The monoisotopic (exact) mass is 382 g/mol. The predicted octanol–water partition coefficient (Wildman–Crippen LogP) is 2.61. The number of aromatic nitrogens is 3. The van der Waals surface area contributed by atoms with Gasteiger partial charge in [-0.1, -0.05) is 11.6 Å². The first-order valence-electron chi connectivity index (χ1n) is 9.30. The molecule has 2 aromatic heterocycles. The summed E-state index contributed by atoms with van der Waals surface area (Å²) >= 11 is 0. The van der Waals surface area contributed by atoms with Crippen LogP contribution in [0.1, 0.15) is 27.2 Å². The summed E-state index contributed by atoms with van der Waals surface area (Å²) in [7, 11) is 4.03. The number of aromatic carboxylic acids is 1. The molecule has 0 fully saturated rings. The zero-order valence-electron chi connectivity index (χ0n) is 16.6. The molecule has 0 saturated heterocycles. The van der Waals surface area contributed by atoms with Crippen LogP contribution in [0.3, 0.4) is 0 Å². The molecule has 7 nitrogen and oxygen atoms in total. The Kier molecular flexibility index (Phi) is 6.38. The Morgan fingerprint density at radius 3 is 2.82 bits per heavy atom. The SMILES string of the molecule is Cc1ccc2c(c1)c(Cc1cnccc1C(=O)O)nn2CCOCCN(C)C. The van der Waals surface area contributed by atoms with Gasteiger partial charge in [0.05, 0.1) is 36.5 Å². The van der Waals surface area contributed by atoms with Gasteiger partial charge in [-0.15, -0.1) is 0 Å². The highest BCUT2D eigenvalue weighted by Crippen LogP contribution is 2.23. The van der Waals surface area contributed by atoms with Gasteiger partial charge in [-0.25, -0.2) is 4.79 Å². The fourth-order valence-corrected chi connectivity index (χ4v) is 3.12. The van der Waals surface area contributed by atoms with E-state index in [2.05, 4.69) is 28.1 Å². The molecule has 0 aliphatic heterocycles. The standard InChI is InChI=1S/C21H26N4O3/c1-15-4-5-20-18(12-15)19(13-16-14-22-7-6-17(16)21(26)27)23-25(20)9-11-28-10-8-24(2)3/h4-7,12,14H,8-11,13H2,1-3H3,(H,26,27). The van der Waals surface area contributed by atoms with Crippen molar-refractivity contribution in [1.29, 1.82) is 0 Å². The number of carboxylic acids is 1. The largest absolute Gasteiger partial charge is 0.478 e. The van der Waals surface area contributed by atoms with Gasteiger partial charge in [0.2, 0.25) is 0 Å². The quantitative estimate of drug-likeness (QED) is 0.573. The summed E-state index contributed by atoms with van der Waals surface area (Å²) in [5.74, 6) is -0.952. The van der Waals surface area contributed by atoms with Crippen molar-refractivity contribution in [2.75, 3.05) is 33.9 Å². The van der Waals surface area contributed by atoms with Crippen LogP contribution >= 0.6 is 0 Å². The van der Waals surface area contributed by atoms with Crippen molar-refractivity contribution in [3.8, 4) is 0 Å². The van der Waals surface area contributed by atoms with Gasteiger partial charge in [-0.05, 0) is 44.8 Å². The molecule has 0 spiro atoms. The van der Waals surface area contributed by atoms with Crippen molar-refractivity contribution in [3.05, 3.63) is 59.0 Å². The van der Waals surface area contributed by atoms with Crippen LogP contribution in [0.15, 0.2) is 36.7 Å². The second kappa shape index (κ2) is 8.95. The number of aryl methyl sites for hydroxylation is 1. The van der Waals surface area contributed by atoms with Crippen molar-refractivity contribution < 1.29 is 14.6 Å². The van der Waals surface area contributed by atoms with Gasteiger partial charge in [0, 0.05) is 30.7 Å². The molecule has 7 heteroatoms. The number of ether oxygens (including phenoxy) is 1. The maximum Gasteiger partial charge on any atom is 0.336 e. The van der Waals surface area contributed by atoms with Gasteiger partial charge >= 0.3 is 5.97 Å². The molecular weight excluding hydrogens is 356 g/mol. The van der Waals surface area contributed by atoms with Crippen LogP contribution in [0, 0.1) is 6.92 Å². The Hall–Kier alpha value is -2.77. The maximum absolute atomic E-state index is 11.5. The van der Waals surface area contributed by atoms with Crippen LogP contribution in [0.2, 0.25) is 0 Å². The third kappa shape index (κ3) is 4.74. The lowest BCUT2D eigenvalue weighted by Gasteiger charge is -2.10. The molecule has 1 aromatic carbocycles. The first-order chi connectivity index (χ1) is 13.5. The molecule has 148 valence electrons. The summed E-state index contributed by atoms with van der Waals surface area (Å²) in [6.45, 7) is 4.81. The van der Waals surface area contributed by atoms with Gasteiger partial charge in [0.15, 0.2) is 0 Å². The molecular formula is C21H26N4O3. The molecule has 0 saturated carbocycles. The summed E-state index contributed by atoms with van der Waals surface area (Å²) in [4.78, 5) is 17.7. The van der Waals surface area contributed by atoms with Crippen molar-refractivity contribution in [3.63, 3.8) is 0 Å². The molecule has 0 bridgehead atoms. The van der Waals surface area contributed by atoms with Gasteiger partial charge in [0.25, 0.3) is 0 Å². The van der Waals surface area contributed by atoms with Crippen molar-refractivity contribution >= 4 is 16.9 Å². The minimum Gasteiger partial charge on any atom is -0.478 e. The number of fused-ring (bicyclic) bond motifs is 1. The molecule has 3 rings (SSSR count). The van der Waals surface area contributed by atoms with E-state index in [9.17, 15) is 9.90 Å². The van der Waals surface area contributed by atoms with E-state index >= 15 is 0 Å². The van der Waals surface area contributed by atoms with E-state index in [0.717, 1.165) is 28.7 Å². The lowest BCUT2D eigenvalue weighted by Crippen LogP contribution is -2.19. The smallest absolute Gasteiger partial charge is 0.336 e. The Balaban J connectivity index is 1.85. The summed E-state index contributed by atoms with van der Waals surface area (Å²) in [6.07, 6.45) is 3.53. The fourth-order valence-electron chi connectivity index (χ4n) is 3.12. The number of hydrogen-bond acceptors (Lipinski definition) is 5. The summed E-state index contributed by atoms with van der Waals surface area (Å²) in [5, 5.41) is 15.2. The number of likely N-dealkylation sites (N-methyl/N-ethyl adjacent to an activating group) is 1. The molecule has 28 heavy (non-hydrogen) atoms. The van der Waals surface area contributed by atoms with Crippen LogP contribution in [0.25, 0.3) is 10.9 Å². The molecule has 0 atom stereocenters. The molecule has 2 heterocycles. The third-order valence-electron chi connectivity index (χ3n) is 4.60. The first kappa shape index (κ1) is 20.0. The molecule has 0 radical (unpaired) electrons. The van der Waals surface area contributed by atoms with E-state index in [4.69, 9.17) is 9.84 Å². The molecule has 0 aliphatic rings. The molecule has 0 aliphatic carbocycles. The first-order valence-corrected chi connectivity index (χ1v) is 9.30. The van der Waals surface area contributed by atoms with Crippen LogP contribution in [-0.4, -0.2) is 64.6 Å². The second-order valence-electron chi connectivity index (χ2n) is 7.12. The molecule has 1 N–H and O–H groups in total. The van der Waals surface area contributed by atoms with Gasteiger partial charge < -0.3 is 14.7 Å². The van der Waals surface area contributed by atoms with Gasteiger partial charge in [-0.2, -0.15) is 5.10 Å². The molecule has 0 amide bonds. The van der Waals surface area contributed by atoms with Crippen molar-refractivity contribution in [2.45, 2.75) is 19.9 Å². The highest BCUT2D eigenvalue weighted by Gasteiger charge is 2.15. The van der Waals surface area contributed by atoms with Crippen LogP contribution < -0.4 is 0 Å². The van der Waals surface area contributed by atoms with Gasteiger partial charge in [-0.3, -0.25) is 9.67 Å². The zero-order chi connectivity index (χ0) is 20.1. The maximum atomic E-state index is 11.5. The van der Waals surface area contributed by atoms with E-state index < -0.39 is 5.97 Å². The third-order valence-corrected chi connectivity index (χ3v) is 4.60. The van der Waals surface area contributed by atoms with E-state index in [-0.39, 0.29) is 5.56 Å². The summed E-state index contributed by atoms with van der Waals surface area (Å²) in [5.41, 5.74) is 3.93. The summed E-state index contributed by atoms with van der Waals surface area (Å²) in [6, 6.07) is 7.74. The Morgan fingerprint density at radius 2 is 2.07 bits per heavy atom. The average molecular weight is 382 g/mol. The number of nitrogens with zero attached hydrogens (tertiary/aromatic N) is 4. The minimum atomic E-state index is -0.952. The number of rotatable bonds is 9. The van der Waals surface area contributed by atoms with E-state index in [1.807, 2.05) is 25.7 Å². The number of carboxylic acid groups (broad SMARTS) is 1. The van der Waals surface area contributed by atoms with E-state index in [1.54, 1.807) is 6.20 Å². The van der Waals surface area contributed by atoms with E-state index in [0.29, 0.717) is 31.7 Å². The lowest BCUT2D eigenvalue weighted by molar-refractivity contribution is 0.0695. The highest BCUT2D eigenvalue weighted by atomic mass is 16.5. The lowest BCUT2D eigenvalue weighted by atomic mass is 10.0. The topological polar surface area (TPSA) is 80.5 Å². The Bertz CT molecular complexity index is 965. The fraction of sp³-hybridized carbons (Fsp3) is 0.381. The van der Waals surface area contributed by atoms with E-state index in [1.165, 1.54) is 12.3 Å². The normalized spacial score (nSPS) is 11.4. The van der Waals surface area contributed by atoms with Crippen LogP contribution in [0.5, 0.6) is 0 Å². The number of carbonyl (C=O) groups is 1. The summed E-state index contributed by atoms with van der Waals surface area (Å²) < 4.78 is 7.65. The highest BCUT2D eigenvalue weighted by molar-refractivity contribution is 5.90. The van der Waals surface area contributed by atoms with Crippen LogP contribution in [-0.2, 0) is 17.7 Å². The van der Waals surface area contributed by atoms with Crippen molar-refractivity contribution in [2.24, 2.45) is 0 Å². The zero-order valence-corrected chi connectivity index (χ0v) is 16.6. The Morgan fingerprint density at radius 1 is 1.25 bits per heavy atom. The molecule has 3 aromatic rings.